The normalized spacial score (nSPS) is 16.4. The van der Waals surface area contributed by atoms with Crippen LogP contribution >= 0.6 is 0 Å². The summed E-state index contributed by atoms with van der Waals surface area (Å²) in [5.41, 5.74) is 1.81. The Hall–Kier alpha value is -2.89. The smallest absolute Gasteiger partial charge is 0.263 e. The van der Waals surface area contributed by atoms with E-state index in [-0.39, 0.29) is 29.0 Å². The molecule has 142 valence electrons. The van der Waals surface area contributed by atoms with Crippen molar-refractivity contribution in [3.05, 3.63) is 69.6 Å². The molecule has 27 heavy (non-hydrogen) atoms. The van der Waals surface area contributed by atoms with Crippen molar-refractivity contribution in [2.75, 3.05) is 13.1 Å². The number of aryl methyl sites for hydroxylation is 3. The van der Waals surface area contributed by atoms with Gasteiger partial charge in [0.15, 0.2) is 0 Å². The highest BCUT2D eigenvalue weighted by molar-refractivity contribution is 5.95. The third kappa shape index (κ3) is 4.45. The summed E-state index contributed by atoms with van der Waals surface area (Å²) in [6.07, 6.45) is 3.19. The molecule has 1 atom stereocenters. The topological polar surface area (TPSA) is 71.4 Å². The van der Waals surface area contributed by atoms with Crippen LogP contribution in [0.15, 0.2) is 47.4 Å². The highest BCUT2D eigenvalue weighted by atomic mass is 16.2. The van der Waals surface area contributed by atoms with E-state index in [2.05, 4.69) is 5.32 Å². The molecule has 1 aliphatic heterocycles. The summed E-state index contributed by atoms with van der Waals surface area (Å²) < 4.78 is 1.61. The Bertz CT molecular complexity index is 889. The number of hydrogen-bond acceptors (Lipinski definition) is 3. The molecule has 1 N–H and O–H groups in total. The monoisotopic (exact) mass is 367 g/mol. The number of amides is 2. The first-order valence-electron chi connectivity index (χ1n) is 9.26. The molecule has 3 rings (SSSR count). The number of pyridine rings is 1. The Labute approximate surface area is 158 Å². The van der Waals surface area contributed by atoms with E-state index in [1.807, 2.05) is 36.4 Å². The zero-order valence-corrected chi connectivity index (χ0v) is 15.8. The van der Waals surface area contributed by atoms with Gasteiger partial charge in [0.05, 0.1) is 0 Å². The van der Waals surface area contributed by atoms with Crippen LogP contribution in [0.5, 0.6) is 0 Å². The predicted molar refractivity (Wildman–Crippen MR) is 104 cm³/mol. The Balaban J connectivity index is 1.76. The Morgan fingerprint density at radius 1 is 1.19 bits per heavy atom. The summed E-state index contributed by atoms with van der Waals surface area (Å²) in [5.74, 6) is -0.354. The van der Waals surface area contributed by atoms with Gasteiger partial charge in [-0.3, -0.25) is 14.4 Å². The summed E-state index contributed by atoms with van der Waals surface area (Å²) in [7, 11) is 0. The van der Waals surface area contributed by atoms with Crippen molar-refractivity contribution >= 4 is 11.8 Å². The minimum Gasteiger partial charge on any atom is -0.352 e. The second-order valence-electron chi connectivity index (χ2n) is 7.05. The van der Waals surface area contributed by atoms with Gasteiger partial charge in [0.25, 0.3) is 11.5 Å². The molecule has 6 heteroatoms. The van der Waals surface area contributed by atoms with Gasteiger partial charge in [-0.15, -0.1) is 0 Å². The number of hydrogen-bond donors (Lipinski definition) is 1. The molecule has 1 aromatic heterocycles. The lowest BCUT2D eigenvalue weighted by atomic mass is 10.1. The zero-order chi connectivity index (χ0) is 19.4. The van der Waals surface area contributed by atoms with Crippen LogP contribution in [0.2, 0.25) is 0 Å². The molecule has 1 aromatic carbocycles. The third-order valence-corrected chi connectivity index (χ3v) is 4.95. The highest BCUT2D eigenvalue weighted by Crippen LogP contribution is 2.14. The standard InChI is InChI=1S/C21H25N3O3/c1-15-8-11-23(12-9-17-6-4-3-5-7-17)20(26)19(15)21(27)24-13-10-18(14-24)22-16(2)25/h3-8,11,18H,9-10,12-14H2,1-2H3,(H,22,25). The van der Waals surface area contributed by atoms with Gasteiger partial charge < -0.3 is 14.8 Å². The van der Waals surface area contributed by atoms with Crippen molar-refractivity contribution in [3.8, 4) is 0 Å². The minimum atomic E-state index is -0.251. The van der Waals surface area contributed by atoms with Crippen LogP contribution in [-0.4, -0.2) is 40.4 Å². The largest absolute Gasteiger partial charge is 0.352 e. The summed E-state index contributed by atoms with van der Waals surface area (Å²) in [6, 6.07) is 11.7. The number of carbonyl (C=O) groups excluding carboxylic acids is 2. The molecule has 0 radical (unpaired) electrons. The van der Waals surface area contributed by atoms with Crippen LogP contribution in [0.25, 0.3) is 0 Å². The summed E-state index contributed by atoms with van der Waals surface area (Å²) in [4.78, 5) is 38.7. The molecule has 1 saturated heterocycles. The molecule has 1 unspecified atom stereocenters. The van der Waals surface area contributed by atoms with Crippen molar-refractivity contribution in [3.63, 3.8) is 0 Å². The molecule has 1 fully saturated rings. The lowest BCUT2D eigenvalue weighted by molar-refractivity contribution is -0.119. The van der Waals surface area contributed by atoms with Gasteiger partial charge in [0.2, 0.25) is 5.91 Å². The molecule has 6 nitrogen and oxygen atoms in total. The maximum atomic E-state index is 12.9. The number of benzene rings is 1. The van der Waals surface area contributed by atoms with Crippen molar-refractivity contribution in [1.82, 2.24) is 14.8 Å². The Morgan fingerprint density at radius 3 is 2.63 bits per heavy atom. The van der Waals surface area contributed by atoms with Gasteiger partial charge in [-0.05, 0) is 37.0 Å². The van der Waals surface area contributed by atoms with E-state index < -0.39 is 0 Å². The van der Waals surface area contributed by atoms with Crippen LogP contribution in [0, 0.1) is 6.92 Å². The lowest BCUT2D eigenvalue weighted by Crippen LogP contribution is -2.40. The third-order valence-electron chi connectivity index (χ3n) is 4.95. The van der Waals surface area contributed by atoms with Gasteiger partial charge in [-0.25, -0.2) is 0 Å². The predicted octanol–water partition coefficient (Wildman–Crippen LogP) is 1.75. The Morgan fingerprint density at radius 2 is 1.93 bits per heavy atom. The number of carbonyl (C=O) groups is 2. The molecule has 0 aliphatic carbocycles. The molecule has 1 aliphatic rings. The maximum absolute atomic E-state index is 12.9. The lowest BCUT2D eigenvalue weighted by Gasteiger charge is -2.18. The molecular weight excluding hydrogens is 342 g/mol. The van der Waals surface area contributed by atoms with E-state index >= 15 is 0 Å². The highest BCUT2D eigenvalue weighted by Gasteiger charge is 2.29. The minimum absolute atomic E-state index is 0.0456. The molecular formula is C21H25N3O3. The van der Waals surface area contributed by atoms with Crippen molar-refractivity contribution in [1.29, 1.82) is 0 Å². The van der Waals surface area contributed by atoms with E-state index in [0.717, 1.165) is 12.0 Å². The molecule has 2 aromatic rings. The number of nitrogens with one attached hydrogen (secondary N) is 1. The second kappa shape index (κ2) is 8.20. The van der Waals surface area contributed by atoms with Crippen LogP contribution in [0.1, 0.15) is 34.8 Å². The summed E-state index contributed by atoms with van der Waals surface area (Å²) in [6.45, 7) is 4.77. The van der Waals surface area contributed by atoms with Crippen molar-refractivity contribution < 1.29 is 9.59 Å². The van der Waals surface area contributed by atoms with E-state index in [1.165, 1.54) is 6.92 Å². The number of likely N-dealkylation sites (tertiary alicyclic amines) is 1. The van der Waals surface area contributed by atoms with Crippen LogP contribution in [0.4, 0.5) is 0 Å². The Kier molecular flexibility index (Phi) is 5.74. The second-order valence-corrected chi connectivity index (χ2v) is 7.05. The fraction of sp³-hybridized carbons (Fsp3) is 0.381. The van der Waals surface area contributed by atoms with Gasteiger partial charge in [0, 0.05) is 38.8 Å². The quantitative estimate of drug-likeness (QED) is 0.875. The van der Waals surface area contributed by atoms with Gasteiger partial charge >= 0.3 is 0 Å². The first-order chi connectivity index (χ1) is 13.0. The molecule has 0 spiro atoms. The van der Waals surface area contributed by atoms with E-state index in [4.69, 9.17) is 0 Å². The molecule has 0 saturated carbocycles. The van der Waals surface area contributed by atoms with E-state index in [0.29, 0.717) is 31.6 Å². The van der Waals surface area contributed by atoms with Gasteiger partial charge in [-0.1, -0.05) is 30.3 Å². The summed E-state index contributed by atoms with van der Waals surface area (Å²) >= 11 is 0. The SMILES string of the molecule is CC(=O)NC1CCN(C(=O)c2c(C)ccn(CCc3ccccc3)c2=O)C1. The zero-order valence-electron chi connectivity index (χ0n) is 15.8. The van der Waals surface area contributed by atoms with Crippen LogP contribution < -0.4 is 10.9 Å². The average molecular weight is 367 g/mol. The van der Waals surface area contributed by atoms with Gasteiger partial charge in [0.1, 0.15) is 5.56 Å². The molecule has 2 amide bonds. The van der Waals surface area contributed by atoms with E-state index in [1.54, 1.807) is 22.6 Å². The van der Waals surface area contributed by atoms with Crippen molar-refractivity contribution in [2.45, 2.75) is 39.3 Å². The molecule has 0 bridgehead atoms. The number of nitrogens with zero attached hydrogens (tertiary/aromatic N) is 2. The average Bonchev–Trinajstić information content (AvgIpc) is 3.09. The fourth-order valence-corrected chi connectivity index (χ4v) is 3.50. The number of aromatic nitrogens is 1. The first-order valence-corrected chi connectivity index (χ1v) is 9.26. The van der Waals surface area contributed by atoms with Crippen LogP contribution in [0.3, 0.4) is 0 Å². The first kappa shape index (κ1) is 18.9. The fourth-order valence-electron chi connectivity index (χ4n) is 3.50. The van der Waals surface area contributed by atoms with Gasteiger partial charge in [-0.2, -0.15) is 0 Å². The van der Waals surface area contributed by atoms with Crippen molar-refractivity contribution in [2.24, 2.45) is 0 Å². The maximum Gasteiger partial charge on any atom is 0.263 e. The molecule has 2 heterocycles. The number of rotatable bonds is 5. The van der Waals surface area contributed by atoms with E-state index in [9.17, 15) is 14.4 Å². The summed E-state index contributed by atoms with van der Waals surface area (Å²) in [5, 5.41) is 2.84. The van der Waals surface area contributed by atoms with Crippen LogP contribution in [-0.2, 0) is 17.8 Å².